The molecule has 0 aliphatic carbocycles. The number of hydrogen-bond donors (Lipinski definition) is 3. The molecule has 2 amide bonds. The summed E-state index contributed by atoms with van der Waals surface area (Å²) < 4.78 is 0. The number of nitrogens with two attached hydrogens (primary N) is 2. The first-order valence-corrected chi connectivity index (χ1v) is 4.53. The fourth-order valence-corrected chi connectivity index (χ4v) is 1.46. The van der Waals surface area contributed by atoms with Crippen LogP contribution in [0.25, 0.3) is 0 Å². The molecular weight excluding hydrogens is 202 g/mol. The van der Waals surface area contributed by atoms with Gasteiger partial charge in [-0.25, -0.2) is 4.79 Å². The van der Waals surface area contributed by atoms with E-state index in [0.29, 0.717) is 5.02 Å². The average molecular weight is 214 g/mol. The third kappa shape index (κ3) is 2.61. The summed E-state index contributed by atoms with van der Waals surface area (Å²) in [5, 5.41) is 3.08. The average Bonchev–Trinajstić information content (AvgIpc) is 2.15. The van der Waals surface area contributed by atoms with E-state index in [-0.39, 0.29) is 12.6 Å². The molecule has 76 valence electrons. The van der Waals surface area contributed by atoms with E-state index < -0.39 is 6.03 Å². The molecule has 5 heteroatoms. The molecule has 0 bridgehead atoms. The summed E-state index contributed by atoms with van der Waals surface area (Å²) in [4.78, 5) is 10.7. The van der Waals surface area contributed by atoms with E-state index in [2.05, 4.69) is 5.32 Å². The summed E-state index contributed by atoms with van der Waals surface area (Å²) >= 11 is 5.93. The van der Waals surface area contributed by atoms with Crippen LogP contribution in [0.3, 0.4) is 0 Å². The van der Waals surface area contributed by atoms with Crippen LogP contribution in [0.5, 0.6) is 0 Å². The van der Waals surface area contributed by atoms with Crippen molar-refractivity contribution in [2.45, 2.75) is 6.04 Å². The van der Waals surface area contributed by atoms with Crippen molar-refractivity contribution in [3.63, 3.8) is 0 Å². The predicted molar refractivity (Wildman–Crippen MR) is 56.0 cm³/mol. The molecule has 0 heterocycles. The van der Waals surface area contributed by atoms with E-state index in [4.69, 9.17) is 23.1 Å². The van der Waals surface area contributed by atoms with E-state index in [1.165, 1.54) is 0 Å². The summed E-state index contributed by atoms with van der Waals surface area (Å²) in [6.07, 6.45) is 0. The monoisotopic (exact) mass is 213 g/mol. The number of halogens is 1. The van der Waals surface area contributed by atoms with Crippen LogP contribution in [0.1, 0.15) is 11.6 Å². The molecule has 0 aliphatic heterocycles. The Morgan fingerprint density at radius 2 is 2.14 bits per heavy atom. The zero-order valence-corrected chi connectivity index (χ0v) is 8.29. The molecule has 0 unspecified atom stereocenters. The Balaban J connectivity index is 2.89. The van der Waals surface area contributed by atoms with Crippen molar-refractivity contribution in [2.24, 2.45) is 11.5 Å². The Hall–Kier alpha value is -1.26. The summed E-state index contributed by atoms with van der Waals surface area (Å²) in [5.74, 6) is 0. The molecule has 0 saturated carbocycles. The van der Waals surface area contributed by atoms with E-state index in [1.54, 1.807) is 12.1 Å². The molecule has 0 radical (unpaired) electrons. The Morgan fingerprint density at radius 1 is 1.50 bits per heavy atom. The lowest BCUT2D eigenvalue weighted by atomic mass is 10.1. The van der Waals surface area contributed by atoms with Crippen LogP contribution in [0.2, 0.25) is 5.02 Å². The molecule has 1 atom stereocenters. The first-order valence-electron chi connectivity index (χ1n) is 4.15. The first kappa shape index (κ1) is 10.8. The largest absolute Gasteiger partial charge is 0.352 e. The van der Waals surface area contributed by atoms with Crippen LogP contribution < -0.4 is 16.8 Å². The van der Waals surface area contributed by atoms with Crippen LogP contribution in [0.15, 0.2) is 24.3 Å². The normalized spacial score (nSPS) is 12.1. The van der Waals surface area contributed by atoms with Gasteiger partial charge in [-0.1, -0.05) is 29.8 Å². The molecule has 0 aromatic heterocycles. The molecule has 0 spiro atoms. The van der Waals surface area contributed by atoms with Gasteiger partial charge in [0.15, 0.2) is 0 Å². The van der Waals surface area contributed by atoms with Crippen molar-refractivity contribution in [2.75, 3.05) is 6.54 Å². The van der Waals surface area contributed by atoms with Gasteiger partial charge in [-0.05, 0) is 11.6 Å². The maximum absolute atomic E-state index is 10.7. The number of carbonyl (C=O) groups excluding carboxylic acids is 1. The standard InChI is InChI=1S/C9H12ClN3O/c10-7-4-2-1-3-6(7)8(5-11)13-9(12)14/h1-4,8H,5,11H2,(H3,12,13,14)/t8-/m1/s1. The molecule has 5 N–H and O–H groups in total. The van der Waals surface area contributed by atoms with Crippen molar-refractivity contribution in [1.82, 2.24) is 5.32 Å². The van der Waals surface area contributed by atoms with Gasteiger partial charge in [0.1, 0.15) is 0 Å². The molecule has 0 fully saturated rings. The Kier molecular flexibility index (Phi) is 3.73. The number of nitrogens with one attached hydrogen (secondary N) is 1. The highest BCUT2D eigenvalue weighted by atomic mass is 35.5. The number of urea groups is 1. The molecular formula is C9H12ClN3O. The maximum Gasteiger partial charge on any atom is 0.312 e. The van der Waals surface area contributed by atoms with Gasteiger partial charge in [-0.2, -0.15) is 0 Å². The minimum atomic E-state index is -0.611. The molecule has 0 saturated heterocycles. The van der Waals surface area contributed by atoms with Crippen molar-refractivity contribution in [3.05, 3.63) is 34.9 Å². The van der Waals surface area contributed by atoms with E-state index in [1.807, 2.05) is 12.1 Å². The highest BCUT2D eigenvalue weighted by Gasteiger charge is 2.13. The van der Waals surface area contributed by atoms with Gasteiger partial charge in [0.25, 0.3) is 0 Å². The van der Waals surface area contributed by atoms with Gasteiger partial charge in [0.05, 0.1) is 6.04 Å². The third-order valence-corrected chi connectivity index (χ3v) is 2.18. The summed E-state index contributed by atoms with van der Waals surface area (Å²) in [6, 6.07) is 6.23. The topological polar surface area (TPSA) is 81.1 Å². The fourth-order valence-electron chi connectivity index (χ4n) is 1.19. The Morgan fingerprint density at radius 3 is 2.64 bits per heavy atom. The fraction of sp³-hybridized carbons (Fsp3) is 0.222. The highest BCUT2D eigenvalue weighted by Crippen LogP contribution is 2.21. The number of hydrogen-bond acceptors (Lipinski definition) is 2. The van der Waals surface area contributed by atoms with Gasteiger partial charge < -0.3 is 16.8 Å². The molecule has 1 rings (SSSR count). The van der Waals surface area contributed by atoms with E-state index in [9.17, 15) is 4.79 Å². The van der Waals surface area contributed by atoms with Gasteiger partial charge in [0.2, 0.25) is 0 Å². The summed E-state index contributed by atoms with van der Waals surface area (Å²) in [5.41, 5.74) is 11.3. The van der Waals surface area contributed by atoms with Crippen molar-refractivity contribution in [1.29, 1.82) is 0 Å². The third-order valence-electron chi connectivity index (χ3n) is 1.83. The van der Waals surface area contributed by atoms with Crippen molar-refractivity contribution < 1.29 is 4.79 Å². The van der Waals surface area contributed by atoms with Gasteiger partial charge in [-0.3, -0.25) is 0 Å². The molecule has 1 aromatic rings. The van der Waals surface area contributed by atoms with Crippen LogP contribution in [0, 0.1) is 0 Å². The maximum atomic E-state index is 10.7. The van der Waals surface area contributed by atoms with Crippen molar-refractivity contribution in [3.8, 4) is 0 Å². The number of amides is 2. The molecule has 14 heavy (non-hydrogen) atoms. The van der Waals surface area contributed by atoms with Crippen LogP contribution >= 0.6 is 11.6 Å². The number of rotatable bonds is 3. The second-order valence-corrected chi connectivity index (χ2v) is 3.23. The predicted octanol–water partition coefficient (Wildman–Crippen LogP) is 1.01. The second kappa shape index (κ2) is 4.83. The number of benzene rings is 1. The second-order valence-electron chi connectivity index (χ2n) is 2.82. The number of primary amides is 1. The lowest BCUT2D eigenvalue weighted by Gasteiger charge is -2.16. The van der Waals surface area contributed by atoms with Crippen LogP contribution in [-0.4, -0.2) is 12.6 Å². The van der Waals surface area contributed by atoms with Gasteiger partial charge in [-0.15, -0.1) is 0 Å². The lowest BCUT2D eigenvalue weighted by Crippen LogP contribution is -2.37. The zero-order valence-electron chi connectivity index (χ0n) is 7.53. The lowest BCUT2D eigenvalue weighted by molar-refractivity contribution is 0.245. The smallest absolute Gasteiger partial charge is 0.312 e. The summed E-state index contributed by atoms with van der Waals surface area (Å²) in [6.45, 7) is 0.257. The summed E-state index contributed by atoms with van der Waals surface area (Å²) in [7, 11) is 0. The molecule has 4 nitrogen and oxygen atoms in total. The zero-order chi connectivity index (χ0) is 10.6. The van der Waals surface area contributed by atoms with E-state index >= 15 is 0 Å². The highest BCUT2D eigenvalue weighted by molar-refractivity contribution is 6.31. The number of carbonyl (C=O) groups is 1. The van der Waals surface area contributed by atoms with E-state index in [0.717, 1.165) is 5.56 Å². The quantitative estimate of drug-likeness (QED) is 0.701. The SMILES string of the molecule is NC[C@@H](NC(N)=O)c1ccccc1Cl. The van der Waals surface area contributed by atoms with Gasteiger partial charge in [0, 0.05) is 11.6 Å². The van der Waals surface area contributed by atoms with Crippen LogP contribution in [-0.2, 0) is 0 Å². The minimum absolute atomic E-state index is 0.257. The minimum Gasteiger partial charge on any atom is -0.352 e. The Labute approximate surface area is 87.2 Å². The van der Waals surface area contributed by atoms with Crippen molar-refractivity contribution >= 4 is 17.6 Å². The molecule has 0 aliphatic rings. The first-order chi connectivity index (χ1) is 6.65. The van der Waals surface area contributed by atoms with Crippen LogP contribution in [0.4, 0.5) is 4.79 Å². The molecule has 1 aromatic carbocycles. The van der Waals surface area contributed by atoms with Gasteiger partial charge >= 0.3 is 6.03 Å². The Bertz CT molecular complexity index is 330.